The molecular weight excluding hydrogens is 567 g/mol. The third-order valence-corrected chi connectivity index (χ3v) is 8.10. The van der Waals surface area contributed by atoms with Gasteiger partial charge in [0.15, 0.2) is 0 Å². The average Bonchev–Trinajstić information content (AvgIpc) is 2.97. The number of nitrogens with zero attached hydrogens (tertiary/aromatic N) is 2. The molecule has 9 nitrogen and oxygen atoms in total. The summed E-state index contributed by atoms with van der Waals surface area (Å²) in [6.45, 7) is 5.90. The predicted octanol–water partition coefficient (Wildman–Crippen LogP) is 4.84. The van der Waals surface area contributed by atoms with Gasteiger partial charge in [-0.1, -0.05) is 44.2 Å². The van der Waals surface area contributed by atoms with Crippen molar-refractivity contribution in [2.24, 2.45) is 5.92 Å². The fourth-order valence-electron chi connectivity index (χ4n) is 5.93. The molecule has 2 unspecified atom stereocenters. The quantitative estimate of drug-likeness (QED) is 0.177. The van der Waals surface area contributed by atoms with E-state index in [2.05, 4.69) is 6.58 Å². The Morgan fingerprint density at radius 2 is 1.86 bits per heavy atom. The summed E-state index contributed by atoms with van der Waals surface area (Å²) in [5.74, 6) is -2.40. The Hall–Kier alpha value is -3.67. The number of carbonyl (C=O) groups is 3. The number of amides is 2. The summed E-state index contributed by atoms with van der Waals surface area (Å²) in [4.78, 5) is 40.7. The number of benzene rings is 1. The van der Waals surface area contributed by atoms with E-state index in [4.69, 9.17) is 15.3 Å². The monoisotopic (exact) mass is 607 g/mol. The van der Waals surface area contributed by atoms with Crippen molar-refractivity contribution in [2.45, 2.75) is 76.1 Å². The Bertz CT molecular complexity index is 1220. The number of likely N-dealkylation sites (tertiary alicyclic amines) is 2. The molecule has 0 spiro atoms. The molecular formula is C31H40F3N3O6. The van der Waals surface area contributed by atoms with Crippen LogP contribution in [0.5, 0.6) is 5.75 Å². The lowest BCUT2D eigenvalue weighted by atomic mass is 9.81. The fraction of sp³-hybridized carbons (Fsp3) is 0.548. The number of carbonyl (C=O) groups excluding carboxylic acids is 2. The molecule has 0 radical (unpaired) electrons. The summed E-state index contributed by atoms with van der Waals surface area (Å²) in [7, 11) is 0. The van der Waals surface area contributed by atoms with Crippen LogP contribution in [0, 0.1) is 11.3 Å². The largest absolute Gasteiger partial charge is 0.493 e. The maximum atomic E-state index is 13.8. The molecule has 0 aromatic heterocycles. The first-order valence-electron chi connectivity index (χ1n) is 14.6. The lowest BCUT2D eigenvalue weighted by molar-refractivity contribution is -0.147. The van der Waals surface area contributed by atoms with E-state index in [-0.39, 0.29) is 51.4 Å². The highest BCUT2D eigenvalue weighted by Gasteiger charge is 2.45. The number of ether oxygens (including phenoxy) is 1. The second-order valence-corrected chi connectivity index (χ2v) is 11.0. The van der Waals surface area contributed by atoms with E-state index >= 15 is 0 Å². The summed E-state index contributed by atoms with van der Waals surface area (Å²) in [5, 5.41) is 28.5. The van der Waals surface area contributed by atoms with Crippen LogP contribution in [0.3, 0.4) is 0 Å². The van der Waals surface area contributed by atoms with Crippen molar-refractivity contribution in [1.29, 1.82) is 5.41 Å². The first kappa shape index (κ1) is 33.8. The number of aliphatic carboxylic acids is 1. The van der Waals surface area contributed by atoms with E-state index in [9.17, 15) is 32.7 Å². The summed E-state index contributed by atoms with van der Waals surface area (Å²) in [6.07, 6.45) is -0.853. The number of hydrogen-bond donors (Lipinski definition) is 3. The van der Waals surface area contributed by atoms with Gasteiger partial charge in [0.1, 0.15) is 11.5 Å². The molecule has 43 heavy (non-hydrogen) atoms. The number of halogens is 3. The minimum absolute atomic E-state index is 0.0388. The van der Waals surface area contributed by atoms with Crippen molar-refractivity contribution in [1.82, 2.24) is 9.80 Å². The molecule has 1 aromatic rings. The zero-order valence-electron chi connectivity index (χ0n) is 24.4. The molecule has 2 aliphatic heterocycles. The van der Waals surface area contributed by atoms with Gasteiger partial charge < -0.3 is 24.7 Å². The number of carboxylic acids is 1. The van der Waals surface area contributed by atoms with Crippen LogP contribution in [-0.4, -0.2) is 82.0 Å². The van der Waals surface area contributed by atoms with Gasteiger partial charge in [-0.3, -0.25) is 19.8 Å². The Labute approximate surface area is 249 Å². The van der Waals surface area contributed by atoms with E-state index in [0.29, 0.717) is 49.5 Å². The molecule has 2 heterocycles. The lowest BCUT2D eigenvalue weighted by Gasteiger charge is -2.45. The standard InChI is InChI=1S/C31H40F3N3O6/c1-3-9-23(31(32,33)34)27(35)29(41)37-17-7-11-21(24(37)10-4-2)28(40)36-18-15-30(42,16-19-36)22-12-5-6-13-25(22)43-20-8-14-26(38)39/h3,5-6,9,12-13,21,24,35,42H,1,4,7-8,10-11,14-20H2,2H3,(H,38,39)/b23-9+,35-27?. The molecule has 2 fully saturated rings. The van der Waals surface area contributed by atoms with Crippen LogP contribution < -0.4 is 4.74 Å². The SMILES string of the molecule is C=C/C=C(\C(=N)C(=O)N1CCCC(C(=O)N2CCC(O)(c3ccccc3OCCCC(=O)O)CC2)C1CCC)C(F)(F)F. The second kappa shape index (κ2) is 14.7. The van der Waals surface area contributed by atoms with Crippen molar-refractivity contribution in [3.63, 3.8) is 0 Å². The van der Waals surface area contributed by atoms with Crippen LogP contribution in [0.2, 0.25) is 0 Å². The van der Waals surface area contributed by atoms with Gasteiger partial charge in [-0.05, 0) is 50.7 Å². The number of piperidine rings is 2. The number of hydrogen-bond acceptors (Lipinski definition) is 6. The molecule has 3 N–H and O–H groups in total. The molecule has 2 amide bonds. The number of rotatable bonds is 12. The molecule has 0 bridgehead atoms. The van der Waals surface area contributed by atoms with Crippen molar-refractivity contribution < 1.29 is 42.5 Å². The van der Waals surface area contributed by atoms with Gasteiger partial charge in [0, 0.05) is 37.7 Å². The summed E-state index contributed by atoms with van der Waals surface area (Å²) < 4.78 is 46.5. The van der Waals surface area contributed by atoms with Crippen molar-refractivity contribution >= 4 is 23.5 Å². The minimum atomic E-state index is -4.90. The molecule has 3 rings (SSSR count). The zero-order chi connectivity index (χ0) is 31.8. The number of nitrogens with one attached hydrogen (secondary N) is 1. The third kappa shape index (κ3) is 8.25. The number of para-hydroxylation sites is 1. The molecule has 1 aromatic carbocycles. The minimum Gasteiger partial charge on any atom is -0.493 e. The first-order valence-corrected chi connectivity index (χ1v) is 14.6. The third-order valence-electron chi connectivity index (χ3n) is 8.10. The second-order valence-electron chi connectivity index (χ2n) is 11.0. The average molecular weight is 608 g/mol. The molecule has 0 aliphatic carbocycles. The van der Waals surface area contributed by atoms with E-state index in [1.54, 1.807) is 29.2 Å². The van der Waals surface area contributed by atoms with Gasteiger partial charge in [0.2, 0.25) is 5.91 Å². The van der Waals surface area contributed by atoms with Crippen LogP contribution in [0.25, 0.3) is 0 Å². The predicted molar refractivity (Wildman–Crippen MR) is 154 cm³/mol. The molecule has 0 saturated carbocycles. The number of aliphatic hydroxyl groups is 1. The van der Waals surface area contributed by atoms with Crippen LogP contribution >= 0.6 is 0 Å². The lowest BCUT2D eigenvalue weighted by Crippen LogP contribution is -2.56. The van der Waals surface area contributed by atoms with Gasteiger partial charge in [0.05, 0.1) is 23.7 Å². The highest BCUT2D eigenvalue weighted by molar-refractivity contribution is 6.44. The first-order chi connectivity index (χ1) is 20.3. The van der Waals surface area contributed by atoms with Gasteiger partial charge in [-0.25, -0.2) is 0 Å². The van der Waals surface area contributed by atoms with E-state index in [1.807, 2.05) is 6.92 Å². The smallest absolute Gasteiger partial charge is 0.418 e. The Morgan fingerprint density at radius 3 is 2.47 bits per heavy atom. The molecule has 2 atom stereocenters. The maximum absolute atomic E-state index is 13.8. The van der Waals surface area contributed by atoms with Gasteiger partial charge in [0.25, 0.3) is 5.91 Å². The maximum Gasteiger partial charge on any atom is 0.418 e. The van der Waals surface area contributed by atoms with Gasteiger partial charge in [-0.2, -0.15) is 13.2 Å². The van der Waals surface area contributed by atoms with Gasteiger partial charge in [-0.15, -0.1) is 0 Å². The molecule has 12 heteroatoms. The van der Waals surface area contributed by atoms with E-state index < -0.39 is 46.9 Å². The molecule has 2 saturated heterocycles. The molecule has 236 valence electrons. The highest BCUT2D eigenvalue weighted by atomic mass is 19.4. The fourth-order valence-corrected chi connectivity index (χ4v) is 5.93. The van der Waals surface area contributed by atoms with Crippen molar-refractivity contribution in [3.8, 4) is 5.75 Å². The summed E-state index contributed by atoms with van der Waals surface area (Å²) in [5.41, 5.74) is -3.27. The molecule has 2 aliphatic rings. The van der Waals surface area contributed by atoms with Crippen LogP contribution in [0.4, 0.5) is 13.2 Å². The summed E-state index contributed by atoms with van der Waals surface area (Å²) in [6, 6.07) is 6.33. The van der Waals surface area contributed by atoms with Crippen molar-refractivity contribution in [2.75, 3.05) is 26.2 Å². The Morgan fingerprint density at radius 1 is 1.19 bits per heavy atom. The number of allylic oxidation sites excluding steroid dienone is 2. The number of carboxylic acid groups (broad SMARTS) is 1. The Kier molecular flexibility index (Phi) is 11.5. The van der Waals surface area contributed by atoms with Crippen LogP contribution in [-0.2, 0) is 20.0 Å². The van der Waals surface area contributed by atoms with Crippen molar-refractivity contribution in [3.05, 3.63) is 54.1 Å². The normalized spacial score (nSPS) is 20.8. The highest BCUT2D eigenvalue weighted by Crippen LogP contribution is 2.39. The van der Waals surface area contributed by atoms with Crippen LogP contribution in [0.1, 0.15) is 63.9 Å². The van der Waals surface area contributed by atoms with Gasteiger partial charge >= 0.3 is 12.1 Å². The van der Waals surface area contributed by atoms with E-state index in [0.717, 1.165) is 6.08 Å². The Balaban J connectivity index is 1.73. The van der Waals surface area contributed by atoms with E-state index in [1.165, 1.54) is 4.90 Å². The van der Waals surface area contributed by atoms with Crippen LogP contribution in [0.15, 0.2) is 48.6 Å². The summed E-state index contributed by atoms with van der Waals surface area (Å²) >= 11 is 0. The number of alkyl halides is 3. The zero-order valence-corrected chi connectivity index (χ0v) is 24.4. The topological polar surface area (TPSA) is 131 Å².